The minimum Gasteiger partial charge on any atom is -0.508 e. The number of carboxylic acids is 1. The Morgan fingerprint density at radius 3 is 2.53 bits per heavy atom. The number of benzene rings is 1. The molecule has 0 heterocycles. The van der Waals surface area contributed by atoms with Crippen LogP contribution in [0.2, 0.25) is 0 Å². The SMILES string of the molecule is CC(C)(N)CCC(=O)Nc1ccc(O)cc1C(=O)O. The van der Waals surface area contributed by atoms with Crippen LogP contribution in [0.5, 0.6) is 5.75 Å². The molecular formula is C13H18N2O4. The van der Waals surface area contributed by atoms with Crippen LogP contribution in [-0.2, 0) is 4.79 Å². The summed E-state index contributed by atoms with van der Waals surface area (Å²) in [5, 5.41) is 20.7. The Kier molecular flexibility index (Phi) is 4.50. The van der Waals surface area contributed by atoms with Gasteiger partial charge in [0.2, 0.25) is 5.91 Å². The monoisotopic (exact) mass is 266 g/mol. The van der Waals surface area contributed by atoms with Crippen molar-refractivity contribution in [3.63, 3.8) is 0 Å². The van der Waals surface area contributed by atoms with Gasteiger partial charge in [-0.2, -0.15) is 0 Å². The molecular weight excluding hydrogens is 248 g/mol. The van der Waals surface area contributed by atoms with E-state index in [0.29, 0.717) is 6.42 Å². The van der Waals surface area contributed by atoms with Crippen LogP contribution in [-0.4, -0.2) is 27.6 Å². The van der Waals surface area contributed by atoms with Crippen molar-refractivity contribution in [2.24, 2.45) is 5.73 Å². The van der Waals surface area contributed by atoms with Crippen molar-refractivity contribution in [3.05, 3.63) is 23.8 Å². The summed E-state index contributed by atoms with van der Waals surface area (Å²) in [6.07, 6.45) is 0.683. The highest BCUT2D eigenvalue weighted by atomic mass is 16.4. The molecule has 0 aliphatic heterocycles. The molecule has 0 radical (unpaired) electrons. The summed E-state index contributed by atoms with van der Waals surface area (Å²) in [5.74, 6) is -1.70. The lowest BCUT2D eigenvalue weighted by atomic mass is 10.00. The minimum absolute atomic E-state index is 0.152. The Balaban J connectivity index is 2.77. The van der Waals surface area contributed by atoms with Crippen LogP contribution in [0.3, 0.4) is 0 Å². The van der Waals surface area contributed by atoms with Crippen molar-refractivity contribution >= 4 is 17.6 Å². The molecule has 1 amide bonds. The fraction of sp³-hybridized carbons (Fsp3) is 0.385. The maximum atomic E-state index is 11.7. The number of nitrogens with two attached hydrogens (primary N) is 1. The first-order valence-electron chi connectivity index (χ1n) is 5.84. The number of phenolic OH excluding ortho intramolecular Hbond substituents is 1. The number of aromatic carboxylic acids is 1. The van der Waals surface area contributed by atoms with Crippen LogP contribution in [0.25, 0.3) is 0 Å². The number of phenols is 1. The number of hydrogen-bond acceptors (Lipinski definition) is 4. The summed E-state index contributed by atoms with van der Waals surface area (Å²) in [5.41, 5.74) is 5.32. The van der Waals surface area contributed by atoms with Crippen LogP contribution < -0.4 is 11.1 Å². The largest absolute Gasteiger partial charge is 0.508 e. The summed E-state index contributed by atoms with van der Waals surface area (Å²) in [7, 11) is 0. The number of carbonyl (C=O) groups is 2. The number of carbonyl (C=O) groups excluding carboxylic acids is 1. The molecule has 1 rings (SSSR count). The minimum atomic E-state index is -1.22. The fourth-order valence-electron chi connectivity index (χ4n) is 1.47. The lowest BCUT2D eigenvalue weighted by Crippen LogP contribution is -2.33. The molecule has 19 heavy (non-hydrogen) atoms. The van der Waals surface area contributed by atoms with Crippen molar-refractivity contribution in [3.8, 4) is 5.75 Å². The van der Waals surface area contributed by atoms with Gasteiger partial charge in [-0.3, -0.25) is 4.79 Å². The third-order valence-electron chi connectivity index (χ3n) is 2.50. The van der Waals surface area contributed by atoms with Crippen molar-refractivity contribution < 1.29 is 19.8 Å². The Bertz CT molecular complexity index is 492. The summed E-state index contributed by atoms with van der Waals surface area (Å²) in [6, 6.07) is 3.75. The number of nitrogens with one attached hydrogen (secondary N) is 1. The molecule has 0 aliphatic rings. The highest BCUT2D eigenvalue weighted by Gasteiger charge is 2.16. The first kappa shape index (κ1) is 15.0. The van der Waals surface area contributed by atoms with Crippen LogP contribution in [0.4, 0.5) is 5.69 Å². The Labute approximate surface area is 111 Å². The average Bonchev–Trinajstić information content (AvgIpc) is 2.28. The van der Waals surface area contributed by atoms with E-state index in [2.05, 4.69) is 5.32 Å². The number of hydrogen-bond donors (Lipinski definition) is 4. The summed E-state index contributed by atoms with van der Waals surface area (Å²) in [4.78, 5) is 22.7. The predicted molar refractivity (Wildman–Crippen MR) is 71.2 cm³/mol. The molecule has 6 nitrogen and oxygen atoms in total. The highest BCUT2D eigenvalue weighted by Crippen LogP contribution is 2.21. The molecule has 0 unspecified atom stereocenters. The average molecular weight is 266 g/mol. The van der Waals surface area contributed by atoms with Gasteiger partial charge in [-0.25, -0.2) is 4.79 Å². The first-order chi connectivity index (χ1) is 8.69. The number of amides is 1. The number of rotatable bonds is 5. The number of anilines is 1. The predicted octanol–water partition coefficient (Wildman–Crippen LogP) is 1.55. The molecule has 0 spiro atoms. The van der Waals surface area contributed by atoms with E-state index in [0.717, 1.165) is 6.07 Å². The topological polar surface area (TPSA) is 113 Å². The zero-order chi connectivity index (χ0) is 14.6. The fourth-order valence-corrected chi connectivity index (χ4v) is 1.47. The van der Waals surface area contributed by atoms with E-state index in [9.17, 15) is 14.7 Å². The van der Waals surface area contributed by atoms with Gasteiger partial charge in [0.15, 0.2) is 0 Å². The van der Waals surface area contributed by atoms with Gasteiger partial charge in [-0.15, -0.1) is 0 Å². The highest BCUT2D eigenvalue weighted by molar-refractivity contribution is 6.00. The summed E-state index contributed by atoms with van der Waals surface area (Å²) in [6.45, 7) is 3.62. The molecule has 0 saturated carbocycles. The van der Waals surface area contributed by atoms with Gasteiger partial charge in [-0.05, 0) is 38.5 Å². The molecule has 0 saturated heterocycles. The quantitative estimate of drug-likeness (QED) is 0.604. The van der Waals surface area contributed by atoms with Crippen LogP contribution in [0.15, 0.2) is 18.2 Å². The van der Waals surface area contributed by atoms with E-state index in [1.54, 1.807) is 0 Å². The van der Waals surface area contributed by atoms with E-state index in [4.69, 9.17) is 10.8 Å². The first-order valence-corrected chi connectivity index (χ1v) is 5.84. The van der Waals surface area contributed by atoms with Gasteiger partial charge in [0.05, 0.1) is 11.3 Å². The molecule has 1 aromatic carbocycles. The van der Waals surface area contributed by atoms with Crippen LogP contribution in [0, 0.1) is 0 Å². The number of aromatic hydroxyl groups is 1. The van der Waals surface area contributed by atoms with Gasteiger partial charge in [0.1, 0.15) is 5.75 Å². The molecule has 5 N–H and O–H groups in total. The van der Waals surface area contributed by atoms with E-state index in [1.807, 2.05) is 13.8 Å². The third-order valence-corrected chi connectivity index (χ3v) is 2.50. The second kappa shape index (κ2) is 5.71. The van der Waals surface area contributed by atoms with Crippen molar-refractivity contribution in [2.75, 3.05) is 5.32 Å². The molecule has 1 aromatic rings. The Morgan fingerprint density at radius 1 is 1.37 bits per heavy atom. The maximum Gasteiger partial charge on any atom is 0.337 e. The van der Waals surface area contributed by atoms with E-state index in [1.165, 1.54) is 12.1 Å². The van der Waals surface area contributed by atoms with Gasteiger partial charge in [-0.1, -0.05) is 0 Å². The molecule has 0 aliphatic carbocycles. The zero-order valence-electron chi connectivity index (χ0n) is 10.9. The Morgan fingerprint density at radius 2 is 2.00 bits per heavy atom. The van der Waals surface area contributed by atoms with Crippen molar-refractivity contribution in [1.82, 2.24) is 0 Å². The van der Waals surface area contributed by atoms with Crippen LogP contribution in [0.1, 0.15) is 37.0 Å². The van der Waals surface area contributed by atoms with Gasteiger partial charge >= 0.3 is 5.97 Å². The molecule has 0 fully saturated rings. The second-order valence-electron chi connectivity index (χ2n) is 5.07. The van der Waals surface area contributed by atoms with Crippen molar-refractivity contribution in [1.29, 1.82) is 0 Å². The summed E-state index contributed by atoms with van der Waals surface area (Å²) < 4.78 is 0. The zero-order valence-corrected chi connectivity index (χ0v) is 10.9. The van der Waals surface area contributed by atoms with Crippen LogP contribution >= 0.6 is 0 Å². The van der Waals surface area contributed by atoms with E-state index >= 15 is 0 Å². The lowest BCUT2D eigenvalue weighted by molar-refractivity contribution is -0.116. The normalized spacial score (nSPS) is 11.1. The lowest BCUT2D eigenvalue weighted by Gasteiger charge is -2.17. The Hall–Kier alpha value is -2.08. The second-order valence-corrected chi connectivity index (χ2v) is 5.07. The molecule has 0 bridgehead atoms. The molecule has 6 heteroatoms. The maximum absolute atomic E-state index is 11.7. The molecule has 104 valence electrons. The van der Waals surface area contributed by atoms with Crippen molar-refractivity contribution in [2.45, 2.75) is 32.2 Å². The number of carboxylic acid groups (broad SMARTS) is 1. The van der Waals surface area contributed by atoms with Gasteiger partial charge in [0, 0.05) is 12.0 Å². The van der Waals surface area contributed by atoms with Gasteiger partial charge < -0.3 is 21.3 Å². The third kappa shape index (κ3) is 4.97. The standard InChI is InChI=1S/C13H18N2O4/c1-13(2,14)6-5-11(17)15-10-4-3-8(16)7-9(10)12(18)19/h3-4,7,16H,5-6,14H2,1-2H3,(H,15,17)(H,18,19). The van der Waals surface area contributed by atoms with E-state index in [-0.39, 0.29) is 29.3 Å². The molecule has 0 atom stereocenters. The van der Waals surface area contributed by atoms with E-state index < -0.39 is 11.5 Å². The smallest absolute Gasteiger partial charge is 0.337 e. The summed E-state index contributed by atoms with van der Waals surface area (Å²) >= 11 is 0. The van der Waals surface area contributed by atoms with Gasteiger partial charge in [0.25, 0.3) is 0 Å². The molecule has 0 aromatic heterocycles.